The minimum Gasteiger partial charge on any atom is -0.469 e. The predicted molar refractivity (Wildman–Crippen MR) is 91.6 cm³/mol. The number of hydrogen-bond donors (Lipinski definition) is 0. The molecule has 3 nitrogen and oxygen atoms in total. The SMILES string of the molecule is COC(=O)[C@H](CC(=O)c1ccc(Cl)cc1)c1cccc(Cl)c1Cl. The van der Waals surface area contributed by atoms with E-state index in [0.717, 1.165) is 0 Å². The highest BCUT2D eigenvalue weighted by atomic mass is 35.5. The molecule has 0 fully saturated rings. The average molecular weight is 372 g/mol. The van der Waals surface area contributed by atoms with Crippen molar-refractivity contribution in [2.45, 2.75) is 12.3 Å². The van der Waals surface area contributed by atoms with E-state index in [2.05, 4.69) is 0 Å². The van der Waals surface area contributed by atoms with Gasteiger partial charge in [0.15, 0.2) is 5.78 Å². The highest BCUT2D eigenvalue weighted by Gasteiger charge is 2.27. The van der Waals surface area contributed by atoms with Crippen LogP contribution in [0.5, 0.6) is 0 Å². The maximum Gasteiger partial charge on any atom is 0.313 e. The molecule has 0 aliphatic carbocycles. The van der Waals surface area contributed by atoms with Gasteiger partial charge in [0.1, 0.15) is 0 Å². The van der Waals surface area contributed by atoms with E-state index in [1.807, 2.05) is 0 Å². The molecule has 0 saturated heterocycles. The molecule has 0 N–H and O–H groups in total. The molecule has 2 aromatic rings. The van der Waals surface area contributed by atoms with Crippen LogP contribution in [-0.2, 0) is 9.53 Å². The lowest BCUT2D eigenvalue weighted by molar-refractivity contribution is -0.142. The second kappa shape index (κ2) is 7.82. The van der Waals surface area contributed by atoms with Crippen LogP contribution >= 0.6 is 34.8 Å². The Morgan fingerprint density at radius 3 is 2.30 bits per heavy atom. The number of ether oxygens (including phenoxy) is 1. The minimum atomic E-state index is -0.825. The zero-order valence-corrected chi connectivity index (χ0v) is 14.5. The topological polar surface area (TPSA) is 43.4 Å². The largest absolute Gasteiger partial charge is 0.469 e. The molecule has 1 atom stereocenters. The number of hydrogen-bond acceptors (Lipinski definition) is 3. The molecule has 0 amide bonds. The molecule has 0 aliphatic heterocycles. The summed E-state index contributed by atoms with van der Waals surface area (Å²) in [5, 5.41) is 1.09. The van der Waals surface area contributed by atoms with Gasteiger partial charge in [-0.3, -0.25) is 9.59 Å². The van der Waals surface area contributed by atoms with Gasteiger partial charge < -0.3 is 4.74 Å². The summed E-state index contributed by atoms with van der Waals surface area (Å²) >= 11 is 18.0. The molecule has 6 heteroatoms. The zero-order valence-electron chi connectivity index (χ0n) is 12.2. The van der Waals surface area contributed by atoms with E-state index in [4.69, 9.17) is 39.5 Å². The lowest BCUT2D eigenvalue weighted by atomic mass is 9.91. The third-order valence-corrected chi connectivity index (χ3v) is 4.48. The molecule has 0 saturated carbocycles. The number of halogens is 3. The summed E-state index contributed by atoms with van der Waals surface area (Å²) in [7, 11) is 1.26. The van der Waals surface area contributed by atoms with Crippen LogP contribution in [0.3, 0.4) is 0 Å². The summed E-state index contributed by atoms with van der Waals surface area (Å²) in [4.78, 5) is 24.5. The fourth-order valence-corrected chi connectivity index (χ4v) is 2.76. The lowest BCUT2D eigenvalue weighted by Gasteiger charge is -2.16. The van der Waals surface area contributed by atoms with Crippen molar-refractivity contribution in [1.82, 2.24) is 0 Å². The van der Waals surface area contributed by atoms with Crippen molar-refractivity contribution in [3.63, 3.8) is 0 Å². The Hall–Kier alpha value is -1.55. The molecule has 0 bridgehead atoms. The van der Waals surface area contributed by atoms with Crippen molar-refractivity contribution in [2.75, 3.05) is 7.11 Å². The molecular formula is C17H13Cl3O3. The summed E-state index contributed by atoms with van der Waals surface area (Å²) in [6, 6.07) is 11.4. The van der Waals surface area contributed by atoms with Gasteiger partial charge in [0, 0.05) is 17.0 Å². The van der Waals surface area contributed by atoms with Gasteiger partial charge in [-0.05, 0) is 35.9 Å². The van der Waals surface area contributed by atoms with Gasteiger partial charge in [0.05, 0.1) is 23.1 Å². The van der Waals surface area contributed by atoms with Gasteiger partial charge in [-0.1, -0.05) is 46.9 Å². The summed E-state index contributed by atoms with van der Waals surface area (Å²) in [6.07, 6.45) is -0.0750. The van der Waals surface area contributed by atoms with Crippen LogP contribution in [0.25, 0.3) is 0 Å². The fourth-order valence-electron chi connectivity index (χ4n) is 2.19. The van der Waals surface area contributed by atoms with Crippen LogP contribution in [0.1, 0.15) is 28.3 Å². The average Bonchev–Trinajstić information content (AvgIpc) is 2.55. The number of carbonyl (C=O) groups is 2. The third kappa shape index (κ3) is 4.25. The molecule has 0 spiro atoms. The highest BCUT2D eigenvalue weighted by molar-refractivity contribution is 6.42. The van der Waals surface area contributed by atoms with Crippen LogP contribution in [0.2, 0.25) is 15.1 Å². The van der Waals surface area contributed by atoms with Crippen molar-refractivity contribution >= 4 is 46.6 Å². The van der Waals surface area contributed by atoms with Crippen LogP contribution in [-0.4, -0.2) is 18.9 Å². The van der Waals surface area contributed by atoms with Crippen molar-refractivity contribution in [2.24, 2.45) is 0 Å². The van der Waals surface area contributed by atoms with Crippen LogP contribution in [0.4, 0.5) is 0 Å². The van der Waals surface area contributed by atoms with E-state index in [-0.39, 0.29) is 17.2 Å². The van der Waals surface area contributed by atoms with Gasteiger partial charge >= 0.3 is 5.97 Å². The Morgan fingerprint density at radius 1 is 1.04 bits per heavy atom. The molecular weight excluding hydrogens is 359 g/mol. The van der Waals surface area contributed by atoms with E-state index in [1.165, 1.54) is 7.11 Å². The Kier molecular flexibility index (Phi) is 6.05. The number of benzene rings is 2. The Labute approximate surface area is 149 Å². The predicted octanol–water partition coefficient (Wildman–Crippen LogP) is 5.18. The number of carbonyl (C=O) groups excluding carboxylic acids is 2. The Balaban J connectivity index is 2.33. The summed E-state index contributed by atoms with van der Waals surface area (Å²) in [5.41, 5.74) is 0.926. The summed E-state index contributed by atoms with van der Waals surface area (Å²) in [5.74, 6) is -1.58. The maximum atomic E-state index is 12.4. The van der Waals surface area contributed by atoms with Gasteiger partial charge in [-0.2, -0.15) is 0 Å². The molecule has 0 aromatic heterocycles. The lowest BCUT2D eigenvalue weighted by Crippen LogP contribution is -2.18. The van der Waals surface area contributed by atoms with Crippen LogP contribution in [0.15, 0.2) is 42.5 Å². The number of ketones is 1. The van der Waals surface area contributed by atoms with Gasteiger partial charge in [0.25, 0.3) is 0 Å². The van der Waals surface area contributed by atoms with Crippen molar-refractivity contribution < 1.29 is 14.3 Å². The number of Topliss-reactive ketones (excluding diaryl/α,β-unsaturated/α-hetero) is 1. The van der Waals surface area contributed by atoms with Crippen molar-refractivity contribution in [1.29, 1.82) is 0 Å². The maximum absolute atomic E-state index is 12.4. The first-order chi connectivity index (χ1) is 10.9. The fraction of sp³-hybridized carbons (Fsp3) is 0.176. The minimum absolute atomic E-state index is 0.0750. The summed E-state index contributed by atoms with van der Waals surface area (Å²) < 4.78 is 4.80. The van der Waals surface area contributed by atoms with Crippen LogP contribution in [0, 0.1) is 0 Å². The first kappa shape index (κ1) is 17.8. The first-order valence-corrected chi connectivity index (χ1v) is 7.88. The molecule has 0 aliphatic rings. The second-order valence-electron chi connectivity index (χ2n) is 4.85. The smallest absolute Gasteiger partial charge is 0.313 e. The van der Waals surface area contributed by atoms with Crippen LogP contribution < -0.4 is 0 Å². The van der Waals surface area contributed by atoms with Gasteiger partial charge in [-0.15, -0.1) is 0 Å². The van der Waals surface area contributed by atoms with E-state index in [9.17, 15) is 9.59 Å². The van der Waals surface area contributed by atoms with E-state index < -0.39 is 11.9 Å². The molecule has 0 unspecified atom stereocenters. The molecule has 0 heterocycles. The number of rotatable bonds is 5. The monoisotopic (exact) mass is 370 g/mol. The van der Waals surface area contributed by atoms with E-state index in [1.54, 1.807) is 42.5 Å². The number of methoxy groups -OCH3 is 1. The first-order valence-electron chi connectivity index (χ1n) is 6.74. The Bertz CT molecular complexity index is 726. The van der Waals surface area contributed by atoms with Gasteiger partial charge in [-0.25, -0.2) is 0 Å². The standard InChI is InChI=1S/C17H13Cl3O3/c1-23-17(22)13(12-3-2-4-14(19)16(12)20)9-15(21)10-5-7-11(18)8-6-10/h2-8,13H,9H2,1H3/t13-/m1/s1. The quantitative estimate of drug-likeness (QED) is 0.537. The molecule has 120 valence electrons. The molecule has 2 rings (SSSR count). The van der Waals surface area contributed by atoms with E-state index >= 15 is 0 Å². The van der Waals surface area contributed by atoms with Crippen molar-refractivity contribution in [3.05, 3.63) is 68.7 Å². The van der Waals surface area contributed by atoms with Crippen molar-refractivity contribution in [3.8, 4) is 0 Å². The normalized spacial score (nSPS) is 11.8. The summed E-state index contributed by atoms with van der Waals surface area (Å²) in [6.45, 7) is 0. The zero-order chi connectivity index (χ0) is 17.0. The number of esters is 1. The molecule has 23 heavy (non-hydrogen) atoms. The Morgan fingerprint density at radius 2 is 1.70 bits per heavy atom. The second-order valence-corrected chi connectivity index (χ2v) is 6.07. The van der Waals surface area contributed by atoms with E-state index in [0.29, 0.717) is 21.2 Å². The highest BCUT2D eigenvalue weighted by Crippen LogP contribution is 2.34. The third-order valence-electron chi connectivity index (χ3n) is 3.40. The molecule has 2 aromatic carbocycles. The van der Waals surface area contributed by atoms with Gasteiger partial charge in [0.2, 0.25) is 0 Å². The molecule has 0 radical (unpaired) electrons.